The predicted octanol–water partition coefficient (Wildman–Crippen LogP) is 1.11. The first-order valence-corrected chi connectivity index (χ1v) is 6.37. The number of rotatable bonds is 9. The van der Waals surface area contributed by atoms with Crippen molar-refractivity contribution in [2.45, 2.75) is 25.7 Å². The smallest absolute Gasteiger partial charge is 0.125 e. The van der Waals surface area contributed by atoms with E-state index < -0.39 is 11.9 Å². The third-order valence-corrected chi connectivity index (χ3v) is 2.60. The molecule has 1 aromatic carbocycles. The average Bonchev–Trinajstić information content (AvgIpc) is 2.44. The van der Waals surface area contributed by atoms with Gasteiger partial charge in [-0.25, -0.2) is 4.39 Å². The van der Waals surface area contributed by atoms with Crippen molar-refractivity contribution in [3.8, 4) is 5.75 Å². The molecule has 0 saturated carbocycles. The lowest BCUT2D eigenvalue weighted by atomic mass is 10.2. The van der Waals surface area contributed by atoms with Gasteiger partial charge in [-0.1, -0.05) is 0 Å². The first-order chi connectivity index (χ1) is 9.56. The molecule has 0 spiro atoms. The molecule has 0 amide bonds. The number of ether oxygens (including phenoxy) is 3. The van der Waals surface area contributed by atoms with Gasteiger partial charge in [0.25, 0.3) is 0 Å². The summed E-state index contributed by atoms with van der Waals surface area (Å²) in [5, 5.41) is 18.8. The van der Waals surface area contributed by atoms with E-state index in [-0.39, 0.29) is 25.9 Å². The summed E-state index contributed by atoms with van der Waals surface area (Å²) in [6.45, 7) is 2.06. The molecule has 20 heavy (non-hydrogen) atoms. The van der Waals surface area contributed by atoms with E-state index in [4.69, 9.17) is 19.3 Å². The second kappa shape index (κ2) is 8.86. The van der Waals surface area contributed by atoms with Crippen LogP contribution in [0.3, 0.4) is 0 Å². The second-order valence-corrected chi connectivity index (χ2v) is 4.47. The lowest BCUT2D eigenvalue weighted by molar-refractivity contribution is -0.0424. The molecular weight excluding hydrogens is 267 g/mol. The Hall–Kier alpha value is -1.21. The van der Waals surface area contributed by atoms with Gasteiger partial charge in [-0.2, -0.15) is 0 Å². The van der Waals surface area contributed by atoms with E-state index in [1.54, 1.807) is 7.11 Å². The molecule has 0 aliphatic rings. The summed E-state index contributed by atoms with van der Waals surface area (Å²) in [5.41, 5.74) is 0.339. The number of aliphatic hydroxyl groups excluding tert-OH is 2. The molecule has 114 valence electrons. The van der Waals surface area contributed by atoms with Crippen LogP contribution in [0.5, 0.6) is 5.75 Å². The molecule has 0 saturated heterocycles. The molecular formula is C14H21FO5. The third-order valence-electron chi connectivity index (χ3n) is 2.60. The van der Waals surface area contributed by atoms with Gasteiger partial charge in [-0.3, -0.25) is 0 Å². The molecule has 1 rings (SSSR count). The van der Waals surface area contributed by atoms with Crippen molar-refractivity contribution in [2.24, 2.45) is 0 Å². The first kappa shape index (κ1) is 16.8. The molecule has 5 nitrogen and oxygen atoms in total. The van der Waals surface area contributed by atoms with Gasteiger partial charge < -0.3 is 24.4 Å². The summed E-state index contributed by atoms with van der Waals surface area (Å²) in [6.07, 6.45) is -0.931. The van der Waals surface area contributed by atoms with Gasteiger partial charge in [0.2, 0.25) is 0 Å². The molecule has 0 radical (unpaired) electrons. The molecule has 2 atom stereocenters. The molecule has 0 aliphatic heterocycles. The van der Waals surface area contributed by atoms with Crippen molar-refractivity contribution < 1.29 is 28.8 Å². The van der Waals surface area contributed by atoms with Crippen LogP contribution in [0.1, 0.15) is 12.5 Å². The monoisotopic (exact) mass is 288 g/mol. The van der Waals surface area contributed by atoms with E-state index in [2.05, 4.69) is 0 Å². The summed E-state index contributed by atoms with van der Waals surface area (Å²) in [5.74, 6) is -0.100. The highest BCUT2D eigenvalue weighted by Crippen LogP contribution is 2.19. The maximum atomic E-state index is 13.0. The molecule has 6 heteroatoms. The van der Waals surface area contributed by atoms with Crippen molar-refractivity contribution in [3.05, 3.63) is 29.6 Å². The minimum Gasteiger partial charge on any atom is -0.490 e. The zero-order valence-corrected chi connectivity index (χ0v) is 11.7. The Labute approximate surface area is 117 Å². The molecule has 1 aromatic rings. The van der Waals surface area contributed by atoms with Crippen molar-refractivity contribution in [1.82, 2.24) is 0 Å². The normalized spacial score (nSPS) is 14.1. The van der Waals surface area contributed by atoms with E-state index in [1.807, 2.05) is 6.92 Å². The highest BCUT2D eigenvalue weighted by atomic mass is 19.1. The minimum absolute atomic E-state index is 0.00165. The maximum absolute atomic E-state index is 13.0. The Kier molecular flexibility index (Phi) is 7.46. The van der Waals surface area contributed by atoms with Crippen LogP contribution >= 0.6 is 0 Å². The largest absolute Gasteiger partial charge is 0.490 e. The number of halogens is 1. The van der Waals surface area contributed by atoms with Gasteiger partial charge in [0.15, 0.2) is 0 Å². The van der Waals surface area contributed by atoms with Crippen LogP contribution < -0.4 is 4.74 Å². The minimum atomic E-state index is -0.814. The van der Waals surface area contributed by atoms with E-state index >= 15 is 0 Å². The van der Waals surface area contributed by atoms with Crippen LogP contribution in [-0.4, -0.2) is 49.4 Å². The summed E-state index contributed by atoms with van der Waals surface area (Å²) >= 11 is 0. The number of hydrogen-bond acceptors (Lipinski definition) is 5. The zero-order valence-electron chi connectivity index (χ0n) is 11.7. The van der Waals surface area contributed by atoms with Gasteiger partial charge in [-0.15, -0.1) is 0 Å². The van der Waals surface area contributed by atoms with Crippen molar-refractivity contribution >= 4 is 0 Å². The number of benzene rings is 1. The Balaban J connectivity index is 2.39. The predicted molar refractivity (Wildman–Crippen MR) is 71.1 cm³/mol. The molecule has 0 aliphatic carbocycles. The van der Waals surface area contributed by atoms with Crippen LogP contribution in [0.15, 0.2) is 18.2 Å². The quantitative estimate of drug-likeness (QED) is 0.712. The average molecular weight is 288 g/mol. The molecule has 0 aromatic heterocycles. The second-order valence-electron chi connectivity index (χ2n) is 4.47. The SMILES string of the molecule is COCC(C)OCC(O)COc1ccc(F)cc1CO. The zero-order chi connectivity index (χ0) is 15.0. The van der Waals surface area contributed by atoms with Crippen molar-refractivity contribution in [1.29, 1.82) is 0 Å². The van der Waals surface area contributed by atoms with E-state index in [0.717, 1.165) is 0 Å². The Bertz CT molecular complexity index is 399. The molecule has 2 N–H and O–H groups in total. The topological polar surface area (TPSA) is 68.2 Å². The standard InChI is InChI=1S/C14H21FO5/c1-10(7-18-2)19-8-13(17)9-20-14-4-3-12(15)5-11(14)6-16/h3-5,10,13,16-17H,6-9H2,1-2H3. The lowest BCUT2D eigenvalue weighted by Gasteiger charge is -2.17. The Morgan fingerprint density at radius 2 is 2.00 bits per heavy atom. The first-order valence-electron chi connectivity index (χ1n) is 6.37. The molecule has 0 bridgehead atoms. The fourth-order valence-corrected chi connectivity index (χ4v) is 1.60. The van der Waals surface area contributed by atoms with Gasteiger partial charge in [0, 0.05) is 12.7 Å². The fourth-order valence-electron chi connectivity index (χ4n) is 1.60. The van der Waals surface area contributed by atoms with Crippen molar-refractivity contribution in [2.75, 3.05) is 26.9 Å². The van der Waals surface area contributed by atoms with Crippen LogP contribution in [0, 0.1) is 5.82 Å². The molecule has 2 unspecified atom stereocenters. The van der Waals surface area contributed by atoms with Gasteiger partial charge in [-0.05, 0) is 25.1 Å². The van der Waals surface area contributed by atoms with Crippen molar-refractivity contribution in [3.63, 3.8) is 0 Å². The fraction of sp³-hybridized carbons (Fsp3) is 0.571. The van der Waals surface area contributed by atoms with Gasteiger partial charge >= 0.3 is 0 Å². The summed E-state index contributed by atoms with van der Waals surface area (Å²) in [4.78, 5) is 0. The number of methoxy groups -OCH3 is 1. The third kappa shape index (κ3) is 5.83. The molecule has 0 heterocycles. The van der Waals surface area contributed by atoms with E-state index in [0.29, 0.717) is 17.9 Å². The Morgan fingerprint density at radius 3 is 2.65 bits per heavy atom. The highest BCUT2D eigenvalue weighted by molar-refractivity contribution is 5.33. The van der Waals surface area contributed by atoms with Crippen LogP contribution in [0.4, 0.5) is 4.39 Å². The van der Waals surface area contributed by atoms with Gasteiger partial charge in [0.05, 0.1) is 25.9 Å². The number of hydrogen-bond donors (Lipinski definition) is 2. The molecule has 0 fully saturated rings. The summed E-state index contributed by atoms with van der Waals surface area (Å²) < 4.78 is 28.6. The van der Waals surface area contributed by atoms with E-state index in [1.165, 1.54) is 18.2 Å². The van der Waals surface area contributed by atoms with Crippen LogP contribution in [-0.2, 0) is 16.1 Å². The van der Waals surface area contributed by atoms with Crippen LogP contribution in [0.25, 0.3) is 0 Å². The van der Waals surface area contributed by atoms with Gasteiger partial charge in [0.1, 0.15) is 24.3 Å². The van der Waals surface area contributed by atoms with Crippen LogP contribution in [0.2, 0.25) is 0 Å². The number of aliphatic hydroxyl groups is 2. The highest BCUT2D eigenvalue weighted by Gasteiger charge is 2.11. The maximum Gasteiger partial charge on any atom is 0.125 e. The Morgan fingerprint density at radius 1 is 1.25 bits per heavy atom. The lowest BCUT2D eigenvalue weighted by Crippen LogP contribution is -2.27. The van der Waals surface area contributed by atoms with E-state index in [9.17, 15) is 9.50 Å². The summed E-state index contributed by atoms with van der Waals surface area (Å²) in [6, 6.07) is 3.85. The summed E-state index contributed by atoms with van der Waals surface area (Å²) in [7, 11) is 1.57.